The molecule has 2 rings (SSSR count). The Labute approximate surface area is 207 Å². The number of nitrogens with one attached hydrogen (secondary N) is 1. The van der Waals surface area contributed by atoms with Crippen molar-refractivity contribution in [3.05, 3.63) is 59.9 Å². The number of halogens is 1. The molecule has 192 valence electrons. The molecule has 35 heavy (non-hydrogen) atoms. The third-order valence-corrected chi connectivity index (χ3v) is 6.55. The summed E-state index contributed by atoms with van der Waals surface area (Å²) < 4.78 is 44.6. The van der Waals surface area contributed by atoms with Crippen LogP contribution in [0.3, 0.4) is 0 Å². The Bertz CT molecular complexity index is 1110. The monoisotopic (exact) mass is 507 g/mol. The van der Waals surface area contributed by atoms with Gasteiger partial charge in [-0.25, -0.2) is 12.8 Å². The fourth-order valence-corrected chi connectivity index (χ4v) is 4.50. The van der Waals surface area contributed by atoms with Gasteiger partial charge in [-0.15, -0.1) is 0 Å². The van der Waals surface area contributed by atoms with Gasteiger partial charge in [0.2, 0.25) is 21.8 Å². The summed E-state index contributed by atoms with van der Waals surface area (Å²) in [6.45, 7) is 5.49. The third kappa shape index (κ3) is 8.54. The lowest BCUT2D eigenvalue weighted by Crippen LogP contribution is -2.49. The van der Waals surface area contributed by atoms with E-state index in [1.54, 1.807) is 43.3 Å². The van der Waals surface area contributed by atoms with E-state index in [1.807, 2.05) is 13.8 Å². The summed E-state index contributed by atoms with van der Waals surface area (Å²) in [6.07, 6.45) is 1.37. The Hall–Kier alpha value is -3.14. The zero-order valence-corrected chi connectivity index (χ0v) is 21.6. The summed E-state index contributed by atoms with van der Waals surface area (Å²) >= 11 is 0. The first-order valence-corrected chi connectivity index (χ1v) is 13.2. The highest BCUT2D eigenvalue weighted by atomic mass is 32.2. The molecule has 2 aromatic carbocycles. The maximum absolute atomic E-state index is 13.3. The molecule has 0 radical (unpaired) electrons. The first-order valence-electron chi connectivity index (χ1n) is 11.4. The molecule has 0 spiro atoms. The Morgan fingerprint density at radius 1 is 1.09 bits per heavy atom. The van der Waals surface area contributed by atoms with E-state index in [9.17, 15) is 22.4 Å². The third-order valence-electron chi connectivity index (χ3n) is 5.36. The van der Waals surface area contributed by atoms with Crippen molar-refractivity contribution in [1.29, 1.82) is 0 Å². The minimum atomic E-state index is -3.60. The average molecular weight is 508 g/mol. The van der Waals surface area contributed by atoms with Gasteiger partial charge in [0.25, 0.3) is 0 Å². The number of amides is 2. The number of nitrogens with zero attached hydrogens (tertiary/aromatic N) is 2. The van der Waals surface area contributed by atoms with Crippen LogP contribution in [-0.4, -0.2) is 57.1 Å². The van der Waals surface area contributed by atoms with Crippen LogP contribution in [0.15, 0.2) is 48.5 Å². The predicted octanol–water partition coefficient (Wildman–Crippen LogP) is 3.32. The molecule has 2 amide bonds. The molecular weight excluding hydrogens is 473 g/mol. The number of hydrogen-bond donors (Lipinski definition) is 1. The van der Waals surface area contributed by atoms with Crippen molar-refractivity contribution >= 4 is 27.5 Å². The molecule has 0 aromatic heterocycles. The van der Waals surface area contributed by atoms with Crippen LogP contribution in [0, 0.1) is 5.82 Å². The van der Waals surface area contributed by atoms with Gasteiger partial charge >= 0.3 is 0 Å². The summed E-state index contributed by atoms with van der Waals surface area (Å²) in [5, 5.41) is 2.81. The molecule has 2 aromatic rings. The Morgan fingerprint density at radius 3 is 2.31 bits per heavy atom. The fourth-order valence-electron chi connectivity index (χ4n) is 3.54. The van der Waals surface area contributed by atoms with Gasteiger partial charge in [0.1, 0.15) is 17.6 Å². The summed E-state index contributed by atoms with van der Waals surface area (Å²) in [6, 6.07) is 11.5. The van der Waals surface area contributed by atoms with Crippen LogP contribution < -0.4 is 14.4 Å². The molecule has 0 aliphatic rings. The smallest absolute Gasteiger partial charge is 0.242 e. The van der Waals surface area contributed by atoms with Crippen molar-refractivity contribution < 1.29 is 27.1 Å². The van der Waals surface area contributed by atoms with Gasteiger partial charge in [0.05, 0.1) is 19.1 Å². The normalized spacial score (nSPS) is 12.2. The predicted molar refractivity (Wildman–Crippen MR) is 134 cm³/mol. The van der Waals surface area contributed by atoms with Crippen LogP contribution in [0.25, 0.3) is 0 Å². The largest absolute Gasteiger partial charge is 0.497 e. The summed E-state index contributed by atoms with van der Waals surface area (Å²) in [7, 11) is -2.11. The first-order chi connectivity index (χ1) is 16.4. The van der Waals surface area contributed by atoms with Gasteiger partial charge in [-0.05, 0) is 57.0 Å². The van der Waals surface area contributed by atoms with Crippen molar-refractivity contribution in [1.82, 2.24) is 10.2 Å². The number of carbonyl (C=O) groups excluding carboxylic acids is 2. The second-order valence-corrected chi connectivity index (χ2v) is 10.5. The van der Waals surface area contributed by atoms with Crippen LogP contribution in [-0.2, 0) is 26.2 Å². The Kier molecular flexibility index (Phi) is 10.1. The second-order valence-electron chi connectivity index (χ2n) is 8.63. The Morgan fingerprint density at radius 2 is 1.74 bits per heavy atom. The van der Waals surface area contributed by atoms with Gasteiger partial charge < -0.3 is 15.0 Å². The number of methoxy groups -OCH3 is 1. The number of carbonyl (C=O) groups is 2. The van der Waals surface area contributed by atoms with Crippen molar-refractivity contribution in [2.75, 3.05) is 24.2 Å². The molecule has 10 heteroatoms. The van der Waals surface area contributed by atoms with E-state index in [2.05, 4.69) is 5.32 Å². The van der Waals surface area contributed by atoms with E-state index in [0.717, 1.165) is 6.26 Å². The van der Waals surface area contributed by atoms with Crippen LogP contribution >= 0.6 is 0 Å². The van der Waals surface area contributed by atoms with E-state index < -0.39 is 21.9 Å². The molecule has 1 N–H and O–H groups in total. The lowest BCUT2D eigenvalue weighted by atomic mass is 10.1. The number of benzene rings is 2. The van der Waals surface area contributed by atoms with Gasteiger partial charge in [-0.1, -0.05) is 18.2 Å². The van der Waals surface area contributed by atoms with Crippen LogP contribution in [0.2, 0.25) is 0 Å². The summed E-state index contributed by atoms with van der Waals surface area (Å²) in [5.74, 6) is -0.484. The minimum absolute atomic E-state index is 0.0243. The molecule has 8 nitrogen and oxygen atoms in total. The number of anilines is 1. The maximum Gasteiger partial charge on any atom is 0.242 e. The zero-order valence-electron chi connectivity index (χ0n) is 20.8. The maximum atomic E-state index is 13.3. The van der Waals surface area contributed by atoms with Gasteiger partial charge in [0, 0.05) is 31.6 Å². The molecule has 0 bridgehead atoms. The molecular formula is C25H34FN3O5S. The highest BCUT2D eigenvalue weighted by molar-refractivity contribution is 7.92. The number of rotatable bonds is 12. The molecule has 0 heterocycles. The Balaban J connectivity index is 2.17. The number of sulfonamides is 1. The standard InChI is InChI=1S/C25H34FN3O5S/c1-18(2)27-25(31)19(3)28(17-20-11-13-21(26)14-12-20)24(30)10-7-15-29(35(5,32)33)22-8-6-9-23(16-22)34-4/h6,8-9,11-14,16,18-19H,7,10,15,17H2,1-5H3,(H,27,31)/t19-/m0/s1. The lowest BCUT2D eigenvalue weighted by molar-refractivity contribution is -0.140. The van der Waals surface area contributed by atoms with E-state index in [0.29, 0.717) is 17.0 Å². The van der Waals surface area contributed by atoms with Gasteiger partial charge in [0.15, 0.2) is 0 Å². The molecule has 0 fully saturated rings. The van der Waals surface area contributed by atoms with E-state index >= 15 is 0 Å². The van der Waals surface area contributed by atoms with E-state index in [4.69, 9.17) is 4.74 Å². The van der Waals surface area contributed by atoms with Crippen molar-refractivity contribution in [2.24, 2.45) is 0 Å². The van der Waals surface area contributed by atoms with Crippen LogP contribution in [0.1, 0.15) is 39.2 Å². The van der Waals surface area contributed by atoms with Crippen molar-refractivity contribution in [2.45, 2.75) is 52.2 Å². The van der Waals surface area contributed by atoms with Gasteiger partial charge in [-0.2, -0.15) is 0 Å². The molecule has 0 saturated carbocycles. The minimum Gasteiger partial charge on any atom is -0.497 e. The average Bonchev–Trinajstić information content (AvgIpc) is 2.79. The number of hydrogen-bond acceptors (Lipinski definition) is 5. The highest BCUT2D eigenvalue weighted by Gasteiger charge is 2.27. The summed E-state index contributed by atoms with van der Waals surface area (Å²) in [5.41, 5.74) is 1.12. The van der Waals surface area contributed by atoms with Crippen molar-refractivity contribution in [3.63, 3.8) is 0 Å². The molecule has 0 aliphatic heterocycles. The second kappa shape index (κ2) is 12.5. The lowest BCUT2D eigenvalue weighted by Gasteiger charge is -2.30. The first kappa shape index (κ1) is 28.1. The molecule has 0 aliphatic carbocycles. The van der Waals surface area contributed by atoms with E-state index in [1.165, 1.54) is 28.4 Å². The number of ether oxygens (including phenoxy) is 1. The fraction of sp³-hybridized carbons (Fsp3) is 0.440. The zero-order chi connectivity index (χ0) is 26.2. The topological polar surface area (TPSA) is 96.0 Å². The molecule has 0 saturated heterocycles. The summed E-state index contributed by atoms with van der Waals surface area (Å²) in [4.78, 5) is 27.3. The van der Waals surface area contributed by atoms with Crippen LogP contribution in [0.4, 0.5) is 10.1 Å². The quantitative estimate of drug-likeness (QED) is 0.476. The van der Waals surface area contributed by atoms with Crippen molar-refractivity contribution in [3.8, 4) is 5.75 Å². The van der Waals surface area contributed by atoms with Gasteiger partial charge in [-0.3, -0.25) is 13.9 Å². The van der Waals surface area contributed by atoms with E-state index in [-0.39, 0.29) is 43.8 Å². The molecule has 0 unspecified atom stereocenters. The van der Waals surface area contributed by atoms with Crippen LogP contribution in [0.5, 0.6) is 5.75 Å². The SMILES string of the molecule is COc1cccc(N(CCCC(=O)N(Cc2ccc(F)cc2)[C@@H](C)C(=O)NC(C)C)S(C)(=O)=O)c1. The highest BCUT2D eigenvalue weighted by Crippen LogP contribution is 2.24. The molecule has 1 atom stereocenters.